The Morgan fingerprint density at radius 1 is 1.05 bits per heavy atom. The second-order valence-corrected chi connectivity index (χ2v) is 11.6. The summed E-state index contributed by atoms with van der Waals surface area (Å²) in [6.07, 6.45) is 0. The average molecular weight is 549 g/mol. The Kier molecular flexibility index (Phi) is 7.79. The molecular weight excluding hydrogens is 520 g/mol. The minimum atomic E-state index is -3.98. The third-order valence-electron chi connectivity index (χ3n) is 6.64. The molecule has 12 heteroatoms. The highest BCUT2D eigenvalue weighted by Gasteiger charge is 2.23. The van der Waals surface area contributed by atoms with Crippen molar-refractivity contribution in [2.45, 2.75) is 10.9 Å². The van der Waals surface area contributed by atoms with Crippen molar-refractivity contribution in [2.24, 2.45) is 7.05 Å². The van der Waals surface area contributed by atoms with Crippen LogP contribution >= 0.6 is 11.6 Å². The molecule has 1 amide bonds. The fourth-order valence-electron chi connectivity index (χ4n) is 4.46. The smallest absolute Gasteiger partial charge is 0.319 e. The Balaban J connectivity index is 1.56. The topological polar surface area (TPSA) is 132 Å². The number of likely N-dealkylation sites (N-methyl/N-ethyl adjacent to an activating group) is 1. The van der Waals surface area contributed by atoms with E-state index in [0.717, 1.165) is 42.8 Å². The number of rotatable bonds is 8. The maximum Gasteiger partial charge on any atom is 0.319 e. The lowest BCUT2D eigenvalue weighted by atomic mass is 10.1. The number of aliphatic hydroxyl groups excluding tert-OH is 1. The second kappa shape index (κ2) is 10.7. The molecule has 1 aromatic heterocycles. The van der Waals surface area contributed by atoms with Gasteiger partial charge in [0.25, 0.3) is 5.91 Å². The van der Waals surface area contributed by atoms with E-state index in [4.69, 9.17) is 16.7 Å². The minimum absolute atomic E-state index is 0.152. The van der Waals surface area contributed by atoms with Crippen LogP contribution < -0.4 is 10.2 Å². The molecule has 0 bridgehead atoms. The molecule has 0 radical (unpaired) electrons. The molecular formula is C25H29ClN4O6S. The lowest BCUT2D eigenvalue weighted by molar-refractivity contribution is -0.134. The predicted octanol–water partition coefficient (Wildman–Crippen LogP) is 1.91. The number of piperazine rings is 1. The first-order chi connectivity index (χ1) is 17.5. The normalized spacial score (nSPS) is 15.6. The van der Waals surface area contributed by atoms with Gasteiger partial charge in [0.1, 0.15) is 5.69 Å². The molecule has 1 unspecified atom stereocenters. The first kappa shape index (κ1) is 26.9. The number of hydrogen-bond acceptors (Lipinski definition) is 7. The summed E-state index contributed by atoms with van der Waals surface area (Å²) in [7, 11) is -0.121. The number of aryl methyl sites for hydroxylation is 1. The van der Waals surface area contributed by atoms with E-state index >= 15 is 0 Å². The van der Waals surface area contributed by atoms with Crippen LogP contribution in [-0.2, 0) is 21.7 Å². The van der Waals surface area contributed by atoms with Gasteiger partial charge in [-0.3, -0.25) is 9.59 Å². The summed E-state index contributed by atoms with van der Waals surface area (Å²) in [6.45, 7) is 3.23. The third-order valence-corrected chi connectivity index (χ3v) is 8.57. The Labute approximate surface area is 220 Å². The van der Waals surface area contributed by atoms with Gasteiger partial charge in [-0.05, 0) is 42.9 Å². The van der Waals surface area contributed by atoms with Crippen molar-refractivity contribution in [3.63, 3.8) is 0 Å². The van der Waals surface area contributed by atoms with Crippen LogP contribution in [0.1, 0.15) is 22.1 Å². The lowest BCUT2D eigenvalue weighted by Crippen LogP contribution is -2.44. The Hall–Kier alpha value is -3.12. The fourth-order valence-corrected chi connectivity index (χ4v) is 5.76. The quantitative estimate of drug-likeness (QED) is 0.389. The molecule has 1 saturated heterocycles. The molecule has 0 spiro atoms. The average Bonchev–Trinajstić information content (AvgIpc) is 3.19. The van der Waals surface area contributed by atoms with Gasteiger partial charge in [0.05, 0.1) is 28.1 Å². The number of aromatic nitrogens is 1. The molecule has 10 nitrogen and oxygen atoms in total. The van der Waals surface area contributed by atoms with E-state index in [1.807, 2.05) is 12.1 Å². The maximum atomic E-state index is 13.2. The number of aliphatic carboxylic acids is 1. The summed E-state index contributed by atoms with van der Waals surface area (Å²) in [6, 6.07) is 10.2. The molecule has 1 fully saturated rings. The molecule has 3 aromatic rings. The molecule has 1 aliphatic rings. The number of carboxylic acid groups (broad SMARTS) is 1. The summed E-state index contributed by atoms with van der Waals surface area (Å²) >= 11 is 6.60. The van der Waals surface area contributed by atoms with Crippen LogP contribution in [0.4, 0.5) is 5.69 Å². The molecule has 198 valence electrons. The third kappa shape index (κ3) is 5.74. The molecule has 0 aliphatic carbocycles. The number of anilines is 1. The highest BCUT2D eigenvalue weighted by molar-refractivity contribution is 7.92. The molecule has 1 atom stereocenters. The first-order valence-electron chi connectivity index (χ1n) is 11.7. The molecule has 4 rings (SSSR count). The molecule has 2 aromatic carbocycles. The fraction of sp³-hybridized carbons (Fsp3) is 0.360. The lowest BCUT2D eigenvalue weighted by Gasteiger charge is -2.34. The highest BCUT2D eigenvalue weighted by atomic mass is 35.5. The standard InChI is InChI=1S/C25H29ClN4O6S/c1-28-7-9-30(10-8-28)17-11-20(26)19-13-23(29(2)22(19)12-17)25(34)27-21(14-31)16-3-5-18(6-4-16)37(35,36)15-24(32)33/h3-6,11-13,21,31H,7-10,14-15H2,1-2H3,(H,27,34)(H,32,33). The maximum absolute atomic E-state index is 13.2. The van der Waals surface area contributed by atoms with E-state index in [0.29, 0.717) is 16.3 Å². The first-order valence-corrected chi connectivity index (χ1v) is 13.7. The number of sulfone groups is 1. The second-order valence-electron chi connectivity index (χ2n) is 9.17. The van der Waals surface area contributed by atoms with Crippen LogP contribution in [0.2, 0.25) is 5.02 Å². The number of nitrogens with zero attached hydrogens (tertiary/aromatic N) is 3. The summed E-state index contributed by atoms with van der Waals surface area (Å²) < 4.78 is 26.0. The number of halogens is 1. The van der Waals surface area contributed by atoms with Crippen molar-refractivity contribution >= 4 is 49.9 Å². The zero-order chi connectivity index (χ0) is 26.9. The summed E-state index contributed by atoms with van der Waals surface area (Å²) in [4.78, 5) is 28.4. The summed E-state index contributed by atoms with van der Waals surface area (Å²) in [5.74, 6) is -2.90. The zero-order valence-corrected chi connectivity index (χ0v) is 22.1. The molecule has 1 aliphatic heterocycles. The monoisotopic (exact) mass is 548 g/mol. The van der Waals surface area contributed by atoms with Gasteiger partial charge in [0, 0.05) is 44.3 Å². The van der Waals surface area contributed by atoms with Crippen molar-refractivity contribution in [3.05, 3.63) is 58.7 Å². The van der Waals surface area contributed by atoms with Gasteiger partial charge in [0.2, 0.25) is 0 Å². The van der Waals surface area contributed by atoms with Crippen LogP contribution in [0.25, 0.3) is 10.9 Å². The zero-order valence-electron chi connectivity index (χ0n) is 20.5. The van der Waals surface area contributed by atoms with Gasteiger partial charge in [-0.15, -0.1) is 0 Å². The van der Waals surface area contributed by atoms with E-state index < -0.39 is 40.1 Å². The van der Waals surface area contributed by atoms with Crippen LogP contribution in [0.3, 0.4) is 0 Å². The molecule has 2 heterocycles. The number of fused-ring (bicyclic) bond motifs is 1. The number of amides is 1. The van der Waals surface area contributed by atoms with E-state index in [9.17, 15) is 23.1 Å². The van der Waals surface area contributed by atoms with Crippen LogP contribution in [0.15, 0.2) is 47.4 Å². The number of benzene rings is 2. The number of carbonyl (C=O) groups excluding carboxylic acids is 1. The van der Waals surface area contributed by atoms with Crippen molar-refractivity contribution in [1.29, 1.82) is 0 Å². The predicted molar refractivity (Wildman–Crippen MR) is 141 cm³/mol. The van der Waals surface area contributed by atoms with E-state index in [1.54, 1.807) is 17.7 Å². The largest absolute Gasteiger partial charge is 0.480 e. The van der Waals surface area contributed by atoms with Crippen LogP contribution in [-0.4, -0.2) is 85.6 Å². The van der Waals surface area contributed by atoms with Gasteiger partial charge in [-0.25, -0.2) is 8.42 Å². The van der Waals surface area contributed by atoms with Crippen LogP contribution in [0.5, 0.6) is 0 Å². The van der Waals surface area contributed by atoms with E-state index in [2.05, 4.69) is 22.2 Å². The van der Waals surface area contributed by atoms with Gasteiger partial charge in [-0.1, -0.05) is 23.7 Å². The number of aliphatic hydroxyl groups is 1. The van der Waals surface area contributed by atoms with Crippen molar-refractivity contribution in [3.8, 4) is 0 Å². The molecule has 37 heavy (non-hydrogen) atoms. The van der Waals surface area contributed by atoms with Crippen molar-refractivity contribution < 1.29 is 28.2 Å². The van der Waals surface area contributed by atoms with Crippen LogP contribution in [0, 0.1) is 0 Å². The van der Waals surface area contributed by atoms with Gasteiger partial charge in [0.15, 0.2) is 15.6 Å². The van der Waals surface area contributed by atoms with Gasteiger partial charge < -0.3 is 29.9 Å². The van der Waals surface area contributed by atoms with Crippen molar-refractivity contribution in [2.75, 3.05) is 50.5 Å². The summed E-state index contributed by atoms with van der Waals surface area (Å²) in [5, 5.41) is 22.8. The van der Waals surface area contributed by atoms with Gasteiger partial charge in [-0.2, -0.15) is 0 Å². The minimum Gasteiger partial charge on any atom is -0.480 e. The number of carboxylic acids is 1. The Morgan fingerprint density at radius 2 is 1.70 bits per heavy atom. The SMILES string of the molecule is CN1CCN(c2cc(Cl)c3cc(C(=O)NC(CO)c4ccc(S(=O)(=O)CC(=O)O)cc4)n(C)c3c2)CC1. The number of nitrogens with one attached hydrogen (secondary N) is 1. The van der Waals surface area contributed by atoms with E-state index in [1.165, 1.54) is 24.3 Å². The number of hydrogen-bond donors (Lipinski definition) is 3. The highest BCUT2D eigenvalue weighted by Crippen LogP contribution is 2.32. The summed E-state index contributed by atoms with van der Waals surface area (Å²) in [5.41, 5.74) is 2.62. The van der Waals surface area contributed by atoms with Gasteiger partial charge >= 0.3 is 5.97 Å². The Morgan fingerprint density at radius 3 is 2.30 bits per heavy atom. The Bertz CT molecular complexity index is 1430. The van der Waals surface area contributed by atoms with E-state index in [-0.39, 0.29) is 4.90 Å². The molecule has 0 saturated carbocycles. The number of carbonyl (C=O) groups is 2. The van der Waals surface area contributed by atoms with Crippen molar-refractivity contribution in [1.82, 2.24) is 14.8 Å². The molecule has 3 N–H and O–H groups in total.